The highest BCUT2D eigenvalue weighted by Crippen LogP contribution is 2.28. The minimum absolute atomic E-state index is 0.134. The van der Waals surface area contributed by atoms with E-state index in [9.17, 15) is 5.11 Å². The van der Waals surface area contributed by atoms with Crippen LogP contribution in [0.3, 0.4) is 0 Å². The molecular formula is C24H38O3. The molecule has 27 heavy (non-hydrogen) atoms. The maximum atomic E-state index is 10.5. The molecule has 1 aromatic rings. The topological polar surface area (TPSA) is 38.7 Å². The molecule has 3 heteroatoms. The summed E-state index contributed by atoms with van der Waals surface area (Å²) in [6.45, 7) is 4.32. The lowest BCUT2D eigenvalue weighted by Crippen LogP contribution is -2.25. The van der Waals surface area contributed by atoms with Crippen molar-refractivity contribution in [3.8, 4) is 5.75 Å². The average molecular weight is 375 g/mol. The van der Waals surface area contributed by atoms with Crippen LogP contribution < -0.4 is 0 Å². The van der Waals surface area contributed by atoms with Gasteiger partial charge in [0.2, 0.25) is 0 Å². The molecule has 2 aliphatic rings. The van der Waals surface area contributed by atoms with Gasteiger partial charge < -0.3 is 14.6 Å². The lowest BCUT2D eigenvalue weighted by atomic mass is 9.95. The van der Waals surface area contributed by atoms with Gasteiger partial charge in [-0.15, -0.1) is 0 Å². The van der Waals surface area contributed by atoms with Crippen LogP contribution in [-0.2, 0) is 22.3 Å². The molecule has 0 radical (unpaired) electrons. The standard InChI is InChI=1S/C24H38O3/c1-18(26-21-11-5-3-6-12-21)16-20-10-9-15-24(25)23(20)17-19(2)27-22-13-7-4-8-14-22/h9-10,15,18-19,21-22,25H,3-8,11-14,16-17H2,1-2H3. The Morgan fingerprint density at radius 1 is 0.815 bits per heavy atom. The van der Waals surface area contributed by atoms with Crippen LogP contribution in [0.1, 0.15) is 89.2 Å². The van der Waals surface area contributed by atoms with E-state index in [1.165, 1.54) is 69.8 Å². The summed E-state index contributed by atoms with van der Waals surface area (Å²) < 4.78 is 12.6. The zero-order valence-electron chi connectivity index (χ0n) is 17.3. The minimum atomic E-state index is 0.134. The SMILES string of the molecule is CC(Cc1cccc(O)c1CC(C)OC1CCCCC1)OC1CCCCC1. The van der Waals surface area contributed by atoms with Crippen molar-refractivity contribution in [2.24, 2.45) is 0 Å². The third kappa shape index (κ3) is 6.50. The van der Waals surface area contributed by atoms with Crippen LogP contribution in [0.25, 0.3) is 0 Å². The van der Waals surface area contributed by atoms with Crippen LogP contribution in [0.4, 0.5) is 0 Å². The van der Waals surface area contributed by atoms with Crippen molar-refractivity contribution in [1.29, 1.82) is 0 Å². The maximum Gasteiger partial charge on any atom is 0.119 e. The summed E-state index contributed by atoms with van der Waals surface area (Å²) in [6.07, 6.45) is 15.4. The van der Waals surface area contributed by atoms with E-state index in [4.69, 9.17) is 9.47 Å². The van der Waals surface area contributed by atoms with Crippen molar-refractivity contribution >= 4 is 0 Å². The fourth-order valence-corrected chi connectivity index (χ4v) is 4.80. The summed E-state index contributed by atoms with van der Waals surface area (Å²) in [4.78, 5) is 0. The summed E-state index contributed by atoms with van der Waals surface area (Å²) in [7, 11) is 0. The van der Waals surface area contributed by atoms with E-state index in [1.807, 2.05) is 6.07 Å². The molecule has 0 bridgehead atoms. The van der Waals surface area contributed by atoms with Crippen LogP contribution in [0.2, 0.25) is 0 Å². The molecular weight excluding hydrogens is 336 g/mol. The zero-order chi connectivity index (χ0) is 19.1. The Hall–Kier alpha value is -1.06. The summed E-state index contributed by atoms with van der Waals surface area (Å²) in [5.74, 6) is 0.400. The zero-order valence-corrected chi connectivity index (χ0v) is 17.3. The molecule has 2 aliphatic carbocycles. The van der Waals surface area contributed by atoms with E-state index in [2.05, 4.69) is 19.9 Å². The number of aromatic hydroxyl groups is 1. The molecule has 2 saturated carbocycles. The fourth-order valence-electron chi connectivity index (χ4n) is 4.80. The molecule has 0 aromatic heterocycles. The van der Waals surface area contributed by atoms with Crippen molar-refractivity contribution in [3.05, 3.63) is 29.3 Å². The van der Waals surface area contributed by atoms with Crippen LogP contribution in [0.15, 0.2) is 18.2 Å². The van der Waals surface area contributed by atoms with Crippen molar-refractivity contribution < 1.29 is 14.6 Å². The third-order valence-electron chi connectivity index (χ3n) is 6.20. The van der Waals surface area contributed by atoms with Gasteiger partial charge in [-0.25, -0.2) is 0 Å². The number of benzene rings is 1. The Bertz CT molecular complexity index is 559. The Morgan fingerprint density at radius 3 is 1.89 bits per heavy atom. The summed E-state index contributed by atoms with van der Waals surface area (Å²) in [5, 5.41) is 10.5. The maximum absolute atomic E-state index is 10.5. The van der Waals surface area contributed by atoms with Gasteiger partial charge in [-0.3, -0.25) is 0 Å². The van der Waals surface area contributed by atoms with Gasteiger partial charge in [-0.05, 0) is 63.1 Å². The lowest BCUT2D eigenvalue weighted by Gasteiger charge is -2.28. The first-order valence-electron chi connectivity index (χ1n) is 11.2. The molecule has 152 valence electrons. The first-order chi connectivity index (χ1) is 13.1. The lowest BCUT2D eigenvalue weighted by molar-refractivity contribution is -0.0229. The normalized spacial score (nSPS) is 21.9. The van der Waals surface area contributed by atoms with Crippen LogP contribution in [0, 0.1) is 0 Å². The van der Waals surface area contributed by atoms with Gasteiger partial charge in [-0.1, -0.05) is 50.7 Å². The van der Waals surface area contributed by atoms with Crippen molar-refractivity contribution in [2.75, 3.05) is 0 Å². The van der Waals surface area contributed by atoms with Gasteiger partial charge in [-0.2, -0.15) is 0 Å². The van der Waals surface area contributed by atoms with Crippen molar-refractivity contribution in [1.82, 2.24) is 0 Å². The molecule has 0 spiro atoms. The van der Waals surface area contributed by atoms with Gasteiger partial charge in [0.25, 0.3) is 0 Å². The van der Waals surface area contributed by atoms with E-state index < -0.39 is 0 Å². The highest BCUT2D eigenvalue weighted by atomic mass is 16.5. The predicted molar refractivity (Wildman–Crippen MR) is 110 cm³/mol. The summed E-state index contributed by atoms with van der Waals surface area (Å²) >= 11 is 0. The monoisotopic (exact) mass is 374 g/mol. The van der Waals surface area contributed by atoms with E-state index in [-0.39, 0.29) is 12.2 Å². The molecule has 0 saturated heterocycles. The second-order valence-corrected chi connectivity index (χ2v) is 8.74. The van der Waals surface area contributed by atoms with Gasteiger partial charge in [0.15, 0.2) is 0 Å². The van der Waals surface area contributed by atoms with Crippen LogP contribution >= 0.6 is 0 Å². The largest absolute Gasteiger partial charge is 0.508 e. The number of rotatable bonds is 8. The number of phenols is 1. The van der Waals surface area contributed by atoms with Crippen molar-refractivity contribution in [3.63, 3.8) is 0 Å². The molecule has 0 aliphatic heterocycles. The third-order valence-corrected chi connectivity index (χ3v) is 6.20. The Balaban J connectivity index is 1.57. The molecule has 3 rings (SSSR count). The Morgan fingerprint density at radius 2 is 1.33 bits per heavy atom. The van der Waals surface area contributed by atoms with Gasteiger partial charge in [0, 0.05) is 6.42 Å². The fraction of sp³-hybridized carbons (Fsp3) is 0.750. The summed E-state index contributed by atoms with van der Waals surface area (Å²) in [6, 6.07) is 5.90. The summed E-state index contributed by atoms with van der Waals surface area (Å²) in [5.41, 5.74) is 2.25. The quantitative estimate of drug-likeness (QED) is 0.611. The Labute approximate surface area is 165 Å². The highest BCUT2D eigenvalue weighted by molar-refractivity contribution is 5.40. The van der Waals surface area contributed by atoms with Gasteiger partial charge >= 0.3 is 0 Å². The second-order valence-electron chi connectivity index (χ2n) is 8.74. The van der Waals surface area contributed by atoms with E-state index in [0.717, 1.165) is 18.4 Å². The van der Waals surface area contributed by atoms with Crippen molar-refractivity contribution in [2.45, 2.75) is 115 Å². The van der Waals surface area contributed by atoms with Crippen LogP contribution in [-0.4, -0.2) is 29.5 Å². The second kappa shape index (κ2) is 10.5. The minimum Gasteiger partial charge on any atom is -0.508 e. The number of phenolic OH excluding ortho intramolecular Hbond substituents is 1. The molecule has 0 heterocycles. The number of hydrogen-bond acceptors (Lipinski definition) is 3. The molecule has 2 fully saturated rings. The van der Waals surface area contributed by atoms with E-state index >= 15 is 0 Å². The molecule has 2 atom stereocenters. The number of hydrogen-bond donors (Lipinski definition) is 1. The van der Waals surface area contributed by atoms with Crippen LogP contribution in [0.5, 0.6) is 5.75 Å². The predicted octanol–water partition coefficient (Wildman–Crippen LogP) is 5.95. The highest BCUT2D eigenvalue weighted by Gasteiger charge is 2.21. The van der Waals surface area contributed by atoms with Gasteiger partial charge in [0.1, 0.15) is 5.75 Å². The molecule has 1 aromatic carbocycles. The Kier molecular flexibility index (Phi) is 8.02. The first-order valence-corrected chi connectivity index (χ1v) is 11.2. The molecule has 2 unspecified atom stereocenters. The molecule has 3 nitrogen and oxygen atoms in total. The molecule has 0 amide bonds. The van der Waals surface area contributed by atoms with E-state index in [1.54, 1.807) is 6.07 Å². The number of ether oxygens (including phenoxy) is 2. The first kappa shape index (κ1) is 20.7. The average Bonchev–Trinajstić information content (AvgIpc) is 2.66. The smallest absolute Gasteiger partial charge is 0.119 e. The van der Waals surface area contributed by atoms with Gasteiger partial charge in [0.05, 0.1) is 24.4 Å². The van der Waals surface area contributed by atoms with E-state index in [0.29, 0.717) is 18.0 Å². The molecule has 1 N–H and O–H groups in total.